The molecule has 2 N–H and O–H groups in total. The van der Waals surface area contributed by atoms with Crippen molar-refractivity contribution in [3.63, 3.8) is 0 Å². The van der Waals surface area contributed by atoms with E-state index in [1.807, 2.05) is 0 Å². The lowest BCUT2D eigenvalue weighted by Gasteiger charge is -2.38. The van der Waals surface area contributed by atoms with E-state index in [0.717, 1.165) is 25.7 Å². The quantitative estimate of drug-likeness (QED) is 0.779. The van der Waals surface area contributed by atoms with Crippen LogP contribution in [0.15, 0.2) is 0 Å². The van der Waals surface area contributed by atoms with Crippen LogP contribution in [0.4, 0.5) is 0 Å². The summed E-state index contributed by atoms with van der Waals surface area (Å²) in [6, 6.07) is -0.0480. The predicted molar refractivity (Wildman–Crippen MR) is 90.0 cm³/mol. The number of amides is 1. The first kappa shape index (κ1) is 18.6. The van der Waals surface area contributed by atoms with Crippen molar-refractivity contribution in [3.8, 4) is 0 Å². The van der Waals surface area contributed by atoms with Gasteiger partial charge in [-0.2, -0.15) is 17.0 Å². The molecule has 0 aromatic rings. The number of rotatable bonds is 5. The van der Waals surface area contributed by atoms with Gasteiger partial charge in [0.05, 0.1) is 0 Å². The lowest BCUT2D eigenvalue weighted by Crippen LogP contribution is -2.55. The highest BCUT2D eigenvalue weighted by atomic mass is 32.2. The zero-order valence-electron chi connectivity index (χ0n) is 14.3. The number of nitrogens with two attached hydrogens (primary N) is 1. The topological polar surface area (TPSA) is 87.0 Å². The predicted octanol–water partition coefficient (Wildman–Crippen LogP) is 0.377. The second-order valence-corrected chi connectivity index (χ2v) is 8.77. The molecule has 2 aliphatic rings. The van der Waals surface area contributed by atoms with Gasteiger partial charge in [0, 0.05) is 51.7 Å². The van der Waals surface area contributed by atoms with Crippen LogP contribution in [0.25, 0.3) is 0 Å². The van der Waals surface area contributed by atoms with Crippen LogP contribution in [0.1, 0.15) is 45.4 Å². The molecule has 1 atom stereocenters. The molecule has 2 rings (SSSR count). The van der Waals surface area contributed by atoms with Crippen LogP contribution in [-0.4, -0.2) is 73.1 Å². The van der Waals surface area contributed by atoms with E-state index in [0.29, 0.717) is 32.6 Å². The second kappa shape index (κ2) is 7.92. The summed E-state index contributed by atoms with van der Waals surface area (Å²) in [4.78, 5) is 13.7. The van der Waals surface area contributed by atoms with E-state index in [-0.39, 0.29) is 18.0 Å². The van der Waals surface area contributed by atoms with E-state index in [1.165, 1.54) is 10.7 Å². The number of piperazine rings is 1. The van der Waals surface area contributed by atoms with E-state index in [4.69, 9.17) is 5.73 Å². The van der Waals surface area contributed by atoms with Crippen molar-refractivity contribution in [2.45, 2.75) is 57.5 Å². The summed E-state index contributed by atoms with van der Waals surface area (Å²) in [6.07, 6.45) is 5.61. The highest BCUT2D eigenvalue weighted by Gasteiger charge is 2.35. The van der Waals surface area contributed by atoms with Gasteiger partial charge in [-0.05, 0) is 19.8 Å². The molecule has 2 fully saturated rings. The average Bonchev–Trinajstić information content (AvgIpc) is 2.54. The molecular formula is C15H30N4O3S. The lowest BCUT2D eigenvalue weighted by molar-refractivity contribution is -0.132. The molecule has 1 aliphatic carbocycles. The number of carbonyl (C=O) groups excluding carboxylic acids is 1. The van der Waals surface area contributed by atoms with Crippen LogP contribution in [0.3, 0.4) is 0 Å². The molecule has 0 radical (unpaired) electrons. The molecule has 134 valence electrons. The summed E-state index contributed by atoms with van der Waals surface area (Å²) in [7, 11) is -1.74. The first-order valence-corrected chi connectivity index (χ1v) is 9.98. The first-order valence-electron chi connectivity index (χ1n) is 8.59. The Bertz CT molecular complexity index is 495. The Labute approximate surface area is 140 Å². The normalized spacial score (nSPS) is 23.2. The summed E-state index contributed by atoms with van der Waals surface area (Å²) in [5, 5.41) is 0. The zero-order chi connectivity index (χ0) is 17.0. The van der Waals surface area contributed by atoms with Crippen molar-refractivity contribution in [2.75, 3.05) is 33.2 Å². The molecule has 1 saturated heterocycles. The third-order valence-corrected chi connectivity index (χ3v) is 6.91. The molecule has 1 saturated carbocycles. The van der Waals surface area contributed by atoms with Crippen molar-refractivity contribution >= 4 is 16.1 Å². The largest absolute Gasteiger partial charge is 0.340 e. The molecule has 7 nitrogen and oxygen atoms in total. The SMILES string of the molecule is CC(N)CC(=O)N1CCN(S(=O)(=O)N(C)C2CCCCC2)CC1. The van der Waals surface area contributed by atoms with Gasteiger partial charge in [0.25, 0.3) is 10.2 Å². The maximum Gasteiger partial charge on any atom is 0.282 e. The van der Waals surface area contributed by atoms with Gasteiger partial charge in [-0.15, -0.1) is 0 Å². The number of nitrogens with zero attached hydrogens (tertiary/aromatic N) is 3. The van der Waals surface area contributed by atoms with Gasteiger partial charge in [-0.25, -0.2) is 0 Å². The fourth-order valence-corrected chi connectivity index (χ4v) is 4.96. The summed E-state index contributed by atoms with van der Waals surface area (Å²) < 4.78 is 28.6. The number of carbonyl (C=O) groups is 1. The van der Waals surface area contributed by atoms with E-state index in [2.05, 4.69) is 0 Å². The minimum atomic E-state index is -3.43. The Morgan fingerprint density at radius 1 is 1.17 bits per heavy atom. The van der Waals surface area contributed by atoms with Gasteiger partial charge in [0.15, 0.2) is 0 Å². The second-order valence-electron chi connectivity index (χ2n) is 6.78. The highest BCUT2D eigenvalue weighted by Crippen LogP contribution is 2.25. The summed E-state index contributed by atoms with van der Waals surface area (Å²) in [6.45, 7) is 3.43. The van der Waals surface area contributed by atoms with Gasteiger partial charge in [0.1, 0.15) is 0 Å². The molecule has 1 amide bonds. The maximum absolute atomic E-state index is 12.8. The standard InChI is InChI=1S/C15H30N4O3S/c1-13(16)12-15(20)18-8-10-19(11-9-18)23(21,22)17(2)14-6-4-3-5-7-14/h13-14H,3-12,16H2,1-2H3. The third kappa shape index (κ3) is 4.65. The summed E-state index contributed by atoms with van der Waals surface area (Å²) in [5.41, 5.74) is 5.66. The van der Waals surface area contributed by atoms with Crippen molar-refractivity contribution in [2.24, 2.45) is 5.73 Å². The molecule has 0 aromatic carbocycles. The van der Waals surface area contributed by atoms with Crippen LogP contribution >= 0.6 is 0 Å². The fourth-order valence-electron chi connectivity index (χ4n) is 3.39. The minimum absolute atomic E-state index is 0.0117. The molecule has 1 heterocycles. The highest BCUT2D eigenvalue weighted by molar-refractivity contribution is 7.86. The van der Waals surface area contributed by atoms with Crippen LogP contribution in [0, 0.1) is 0 Å². The van der Waals surface area contributed by atoms with Gasteiger partial charge in [0.2, 0.25) is 5.91 Å². The minimum Gasteiger partial charge on any atom is -0.340 e. The van der Waals surface area contributed by atoms with E-state index < -0.39 is 10.2 Å². The Hall–Kier alpha value is -0.700. The number of hydrogen-bond acceptors (Lipinski definition) is 4. The molecule has 0 bridgehead atoms. The lowest BCUT2D eigenvalue weighted by atomic mass is 9.96. The molecule has 1 aliphatic heterocycles. The zero-order valence-corrected chi connectivity index (χ0v) is 15.1. The monoisotopic (exact) mass is 346 g/mol. The van der Waals surface area contributed by atoms with E-state index >= 15 is 0 Å². The van der Waals surface area contributed by atoms with Crippen LogP contribution in [0.5, 0.6) is 0 Å². The van der Waals surface area contributed by atoms with Crippen molar-refractivity contribution < 1.29 is 13.2 Å². The first-order chi connectivity index (χ1) is 10.8. The smallest absolute Gasteiger partial charge is 0.282 e. The molecule has 0 aromatic heterocycles. The molecular weight excluding hydrogens is 316 g/mol. The Kier molecular flexibility index (Phi) is 6.41. The summed E-state index contributed by atoms with van der Waals surface area (Å²) >= 11 is 0. The maximum atomic E-state index is 12.8. The molecule has 23 heavy (non-hydrogen) atoms. The Balaban J connectivity index is 1.91. The average molecular weight is 346 g/mol. The Morgan fingerprint density at radius 3 is 2.26 bits per heavy atom. The van der Waals surface area contributed by atoms with Crippen LogP contribution in [-0.2, 0) is 15.0 Å². The van der Waals surface area contributed by atoms with Crippen molar-refractivity contribution in [1.29, 1.82) is 0 Å². The molecule has 8 heteroatoms. The van der Waals surface area contributed by atoms with Crippen molar-refractivity contribution in [1.82, 2.24) is 13.5 Å². The van der Waals surface area contributed by atoms with Gasteiger partial charge in [-0.1, -0.05) is 19.3 Å². The third-order valence-electron chi connectivity index (χ3n) is 4.87. The van der Waals surface area contributed by atoms with E-state index in [9.17, 15) is 13.2 Å². The molecule has 1 unspecified atom stereocenters. The van der Waals surface area contributed by atoms with Crippen LogP contribution < -0.4 is 5.73 Å². The van der Waals surface area contributed by atoms with Gasteiger partial charge >= 0.3 is 0 Å². The molecule has 0 spiro atoms. The van der Waals surface area contributed by atoms with Gasteiger partial charge in [-0.3, -0.25) is 4.79 Å². The van der Waals surface area contributed by atoms with Crippen LogP contribution in [0.2, 0.25) is 0 Å². The number of hydrogen-bond donors (Lipinski definition) is 1. The fraction of sp³-hybridized carbons (Fsp3) is 0.933. The van der Waals surface area contributed by atoms with Crippen molar-refractivity contribution in [3.05, 3.63) is 0 Å². The van der Waals surface area contributed by atoms with E-state index in [1.54, 1.807) is 23.2 Å². The van der Waals surface area contributed by atoms with Gasteiger partial charge < -0.3 is 10.6 Å². The summed E-state index contributed by atoms with van der Waals surface area (Å²) in [5.74, 6) is 0.0117. The Morgan fingerprint density at radius 2 is 1.74 bits per heavy atom.